The first-order valence-electron chi connectivity index (χ1n) is 9.37. The molecule has 1 atom stereocenters. The Hall–Kier alpha value is -2.95. The molecule has 1 heterocycles. The van der Waals surface area contributed by atoms with Crippen LogP contribution in [-0.4, -0.2) is 29.2 Å². The minimum absolute atomic E-state index is 0.0166. The van der Waals surface area contributed by atoms with E-state index >= 15 is 0 Å². The van der Waals surface area contributed by atoms with Crippen LogP contribution in [0.2, 0.25) is 0 Å². The Labute approximate surface area is 159 Å². The lowest BCUT2D eigenvalue weighted by atomic mass is 10.1. The van der Waals surface area contributed by atoms with Crippen molar-refractivity contribution in [1.82, 2.24) is 10.2 Å². The molecule has 1 aliphatic heterocycles. The number of imide groups is 1. The normalized spacial score (nSPS) is 14.2. The van der Waals surface area contributed by atoms with E-state index in [4.69, 9.17) is 0 Å². The number of fused-ring (bicyclic) bond motifs is 1. The Morgan fingerprint density at radius 3 is 2.11 bits per heavy atom. The van der Waals surface area contributed by atoms with E-state index in [0.29, 0.717) is 30.5 Å². The summed E-state index contributed by atoms with van der Waals surface area (Å²) in [5.41, 5.74) is 2.05. The molecule has 2 aromatic rings. The van der Waals surface area contributed by atoms with Crippen molar-refractivity contribution < 1.29 is 14.4 Å². The Balaban J connectivity index is 1.37. The number of carbonyl (C=O) groups excluding carboxylic acids is 3. The van der Waals surface area contributed by atoms with Crippen LogP contribution < -0.4 is 5.32 Å². The van der Waals surface area contributed by atoms with Gasteiger partial charge in [0.1, 0.15) is 0 Å². The largest absolute Gasteiger partial charge is 0.350 e. The second-order valence-corrected chi connectivity index (χ2v) is 6.82. The van der Waals surface area contributed by atoms with Crippen LogP contribution in [0.5, 0.6) is 0 Å². The summed E-state index contributed by atoms with van der Waals surface area (Å²) in [6, 6.07) is 16.7. The summed E-state index contributed by atoms with van der Waals surface area (Å²) in [6.07, 6.45) is 2.67. The summed E-state index contributed by atoms with van der Waals surface area (Å²) < 4.78 is 0. The van der Waals surface area contributed by atoms with Crippen molar-refractivity contribution in [2.24, 2.45) is 0 Å². The third kappa shape index (κ3) is 4.42. The molecule has 2 aromatic carbocycles. The van der Waals surface area contributed by atoms with Gasteiger partial charge in [-0.3, -0.25) is 19.3 Å². The van der Waals surface area contributed by atoms with E-state index in [-0.39, 0.29) is 23.8 Å². The fourth-order valence-electron chi connectivity index (χ4n) is 3.31. The van der Waals surface area contributed by atoms with Crippen molar-refractivity contribution in [1.29, 1.82) is 0 Å². The molecule has 0 saturated heterocycles. The van der Waals surface area contributed by atoms with Gasteiger partial charge in [0.15, 0.2) is 0 Å². The van der Waals surface area contributed by atoms with E-state index in [1.165, 1.54) is 4.90 Å². The molecular formula is C22H24N2O3. The summed E-state index contributed by atoms with van der Waals surface area (Å²) in [5.74, 6) is -0.415. The van der Waals surface area contributed by atoms with E-state index in [2.05, 4.69) is 5.32 Å². The first-order valence-corrected chi connectivity index (χ1v) is 9.37. The van der Waals surface area contributed by atoms with E-state index in [0.717, 1.165) is 18.4 Å². The molecule has 0 unspecified atom stereocenters. The summed E-state index contributed by atoms with van der Waals surface area (Å²) in [4.78, 5) is 37.9. The molecule has 0 aromatic heterocycles. The molecule has 0 bridgehead atoms. The molecule has 1 aliphatic rings. The van der Waals surface area contributed by atoms with Crippen molar-refractivity contribution in [2.45, 2.75) is 38.6 Å². The SMILES string of the molecule is C[C@H](NC(=O)CCCCCN1C(=O)c2ccccc2C1=O)c1ccccc1. The maximum atomic E-state index is 12.3. The standard InChI is InChI=1S/C22H24N2O3/c1-16(17-10-4-2-5-11-17)23-20(25)14-6-3-9-15-24-21(26)18-12-7-8-13-19(18)22(24)27/h2,4-5,7-8,10-13,16H,3,6,9,14-15H2,1H3,(H,23,25)/t16-/m0/s1. The van der Waals surface area contributed by atoms with E-state index in [9.17, 15) is 14.4 Å². The van der Waals surface area contributed by atoms with Gasteiger partial charge in [-0.05, 0) is 37.5 Å². The number of benzene rings is 2. The van der Waals surface area contributed by atoms with Crippen molar-refractivity contribution in [3.8, 4) is 0 Å². The van der Waals surface area contributed by atoms with Crippen LogP contribution in [0.3, 0.4) is 0 Å². The molecule has 140 valence electrons. The highest BCUT2D eigenvalue weighted by Crippen LogP contribution is 2.22. The molecule has 0 fully saturated rings. The maximum Gasteiger partial charge on any atom is 0.261 e. The highest BCUT2D eigenvalue weighted by atomic mass is 16.2. The molecule has 0 saturated carbocycles. The second kappa shape index (κ2) is 8.62. The third-order valence-corrected chi connectivity index (χ3v) is 4.84. The Bertz CT molecular complexity index is 797. The van der Waals surface area contributed by atoms with E-state index in [1.54, 1.807) is 24.3 Å². The zero-order chi connectivity index (χ0) is 19.2. The van der Waals surface area contributed by atoms with Gasteiger partial charge < -0.3 is 5.32 Å². The molecule has 5 heteroatoms. The minimum atomic E-state index is -0.218. The molecule has 3 amide bonds. The highest BCUT2D eigenvalue weighted by Gasteiger charge is 2.34. The number of amides is 3. The lowest BCUT2D eigenvalue weighted by Gasteiger charge is -2.15. The fraction of sp³-hybridized carbons (Fsp3) is 0.318. The molecule has 0 aliphatic carbocycles. The number of nitrogens with zero attached hydrogens (tertiary/aromatic N) is 1. The van der Waals surface area contributed by atoms with Gasteiger partial charge in [-0.15, -0.1) is 0 Å². The zero-order valence-electron chi connectivity index (χ0n) is 15.5. The highest BCUT2D eigenvalue weighted by molar-refractivity contribution is 6.21. The number of hydrogen-bond donors (Lipinski definition) is 1. The number of hydrogen-bond acceptors (Lipinski definition) is 3. The molecule has 27 heavy (non-hydrogen) atoms. The first kappa shape index (κ1) is 18.8. The quantitative estimate of drug-likeness (QED) is 0.573. The minimum Gasteiger partial charge on any atom is -0.350 e. The van der Waals surface area contributed by atoms with Gasteiger partial charge in [0.05, 0.1) is 17.2 Å². The van der Waals surface area contributed by atoms with Gasteiger partial charge in [0.25, 0.3) is 11.8 Å². The maximum absolute atomic E-state index is 12.3. The molecular weight excluding hydrogens is 340 g/mol. The van der Waals surface area contributed by atoms with Crippen LogP contribution in [0.15, 0.2) is 54.6 Å². The van der Waals surface area contributed by atoms with Gasteiger partial charge in [-0.1, -0.05) is 48.9 Å². The van der Waals surface area contributed by atoms with E-state index in [1.807, 2.05) is 37.3 Å². The van der Waals surface area contributed by atoms with Gasteiger partial charge in [0.2, 0.25) is 5.91 Å². The van der Waals surface area contributed by atoms with Crippen LogP contribution in [0.1, 0.15) is 64.9 Å². The number of unbranched alkanes of at least 4 members (excludes halogenated alkanes) is 2. The van der Waals surface area contributed by atoms with Crippen molar-refractivity contribution in [2.75, 3.05) is 6.54 Å². The van der Waals surface area contributed by atoms with Gasteiger partial charge in [0, 0.05) is 13.0 Å². The van der Waals surface area contributed by atoms with Gasteiger partial charge in [-0.2, -0.15) is 0 Å². The third-order valence-electron chi connectivity index (χ3n) is 4.84. The predicted molar refractivity (Wildman–Crippen MR) is 103 cm³/mol. The smallest absolute Gasteiger partial charge is 0.261 e. The van der Waals surface area contributed by atoms with E-state index < -0.39 is 0 Å². The lowest BCUT2D eigenvalue weighted by molar-refractivity contribution is -0.121. The van der Waals surface area contributed by atoms with Crippen molar-refractivity contribution in [3.05, 3.63) is 71.3 Å². The van der Waals surface area contributed by atoms with Crippen LogP contribution in [0.4, 0.5) is 0 Å². The molecule has 5 nitrogen and oxygen atoms in total. The monoisotopic (exact) mass is 364 g/mol. The average Bonchev–Trinajstić information content (AvgIpc) is 2.93. The Morgan fingerprint density at radius 2 is 1.48 bits per heavy atom. The fourth-order valence-corrected chi connectivity index (χ4v) is 3.31. The van der Waals surface area contributed by atoms with Crippen molar-refractivity contribution in [3.63, 3.8) is 0 Å². The molecule has 3 rings (SSSR count). The molecule has 1 N–H and O–H groups in total. The summed E-state index contributed by atoms with van der Waals surface area (Å²) in [6.45, 7) is 2.36. The van der Waals surface area contributed by atoms with Crippen molar-refractivity contribution >= 4 is 17.7 Å². The second-order valence-electron chi connectivity index (χ2n) is 6.82. The van der Waals surface area contributed by atoms with Crippen LogP contribution >= 0.6 is 0 Å². The summed E-state index contributed by atoms with van der Waals surface area (Å²) in [7, 11) is 0. The first-order chi connectivity index (χ1) is 13.1. The van der Waals surface area contributed by atoms with Crippen LogP contribution in [-0.2, 0) is 4.79 Å². The summed E-state index contributed by atoms with van der Waals surface area (Å²) >= 11 is 0. The number of rotatable bonds is 8. The van der Waals surface area contributed by atoms with Crippen LogP contribution in [0.25, 0.3) is 0 Å². The Morgan fingerprint density at radius 1 is 0.889 bits per heavy atom. The Kier molecular flexibility index (Phi) is 6.01. The van der Waals surface area contributed by atoms with Gasteiger partial charge in [-0.25, -0.2) is 0 Å². The summed E-state index contributed by atoms with van der Waals surface area (Å²) in [5, 5.41) is 3.00. The van der Waals surface area contributed by atoms with Crippen LogP contribution in [0, 0.1) is 0 Å². The number of carbonyl (C=O) groups is 3. The molecule has 0 spiro atoms. The number of nitrogens with one attached hydrogen (secondary N) is 1. The lowest BCUT2D eigenvalue weighted by Crippen LogP contribution is -2.30. The topological polar surface area (TPSA) is 66.5 Å². The molecule has 0 radical (unpaired) electrons. The predicted octanol–water partition coefficient (Wildman–Crippen LogP) is 3.72. The zero-order valence-corrected chi connectivity index (χ0v) is 15.5. The average molecular weight is 364 g/mol. The van der Waals surface area contributed by atoms with Gasteiger partial charge >= 0.3 is 0 Å².